The van der Waals surface area contributed by atoms with Crippen LogP contribution in [0.2, 0.25) is 0 Å². The molecule has 128 valence electrons. The zero-order chi connectivity index (χ0) is 18.1. The van der Waals surface area contributed by atoms with Gasteiger partial charge >= 0.3 is 5.97 Å². The summed E-state index contributed by atoms with van der Waals surface area (Å²) in [5, 5.41) is 9.24. The van der Waals surface area contributed by atoms with Gasteiger partial charge in [0.05, 0.1) is 23.3 Å². The Balaban J connectivity index is 1.89. The highest BCUT2D eigenvalue weighted by Gasteiger charge is 2.15. The number of para-hydroxylation sites is 1. The second-order valence-electron chi connectivity index (χ2n) is 5.93. The Morgan fingerprint density at radius 2 is 1.85 bits per heavy atom. The van der Waals surface area contributed by atoms with Crippen LogP contribution in [0, 0.1) is 6.92 Å². The lowest BCUT2D eigenvalue weighted by Gasteiger charge is -2.08. The van der Waals surface area contributed by atoms with Crippen LogP contribution in [-0.2, 0) is 4.74 Å². The molecule has 0 N–H and O–H groups in total. The highest BCUT2D eigenvalue weighted by atomic mass is 16.5. The standard InChI is InChI=1S/C20H16N4O2/c1-3-26-20(25)19-22-17-11-12(2)10-14(18(17)23-24-19)16-9-8-13-6-4-5-7-15(13)21-16/h4-11H,3H2,1-2H3. The first-order valence-electron chi connectivity index (χ1n) is 8.34. The second kappa shape index (κ2) is 6.48. The van der Waals surface area contributed by atoms with Crippen LogP contribution in [0.3, 0.4) is 0 Å². The number of carbonyl (C=O) groups excluding carboxylic acids is 1. The van der Waals surface area contributed by atoms with E-state index in [-0.39, 0.29) is 12.4 Å². The summed E-state index contributed by atoms with van der Waals surface area (Å²) >= 11 is 0. The quantitative estimate of drug-likeness (QED) is 0.527. The number of pyridine rings is 1. The normalized spacial score (nSPS) is 11.0. The number of nitrogens with zero attached hydrogens (tertiary/aromatic N) is 4. The van der Waals surface area contributed by atoms with Crippen molar-refractivity contribution >= 4 is 27.9 Å². The van der Waals surface area contributed by atoms with Crippen LogP contribution in [0.15, 0.2) is 48.5 Å². The monoisotopic (exact) mass is 344 g/mol. The molecule has 0 saturated heterocycles. The van der Waals surface area contributed by atoms with Gasteiger partial charge in [0.1, 0.15) is 5.52 Å². The van der Waals surface area contributed by atoms with Gasteiger partial charge in [0, 0.05) is 10.9 Å². The van der Waals surface area contributed by atoms with Crippen LogP contribution < -0.4 is 0 Å². The van der Waals surface area contributed by atoms with Gasteiger partial charge in [-0.1, -0.05) is 24.3 Å². The number of benzene rings is 2. The first-order valence-corrected chi connectivity index (χ1v) is 8.34. The van der Waals surface area contributed by atoms with Gasteiger partial charge < -0.3 is 4.74 Å². The summed E-state index contributed by atoms with van der Waals surface area (Å²) in [4.78, 5) is 20.9. The fraction of sp³-hybridized carbons (Fsp3) is 0.150. The smallest absolute Gasteiger partial charge is 0.378 e. The van der Waals surface area contributed by atoms with Crippen LogP contribution in [0.25, 0.3) is 33.2 Å². The number of rotatable bonds is 3. The minimum Gasteiger partial charge on any atom is -0.460 e. The Hall–Kier alpha value is -3.41. The Morgan fingerprint density at radius 3 is 2.69 bits per heavy atom. The predicted molar refractivity (Wildman–Crippen MR) is 98.8 cm³/mol. The van der Waals surface area contributed by atoms with E-state index >= 15 is 0 Å². The van der Waals surface area contributed by atoms with Gasteiger partial charge in [0.15, 0.2) is 0 Å². The summed E-state index contributed by atoms with van der Waals surface area (Å²) in [5.74, 6) is -0.615. The summed E-state index contributed by atoms with van der Waals surface area (Å²) in [6, 6.07) is 15.8. The molecule has 0 aliphatic carbocycles. The molecule has 0 radical (unpaired) electrons. The van der Waals surface area contributed by atoms with Crippen molar-refractivity contribution in [3.8, 4) is 11.3 Å². The fourth-order valence-electron chi connectivity index (χ4n) is 2.88. The van der Waals surface area contributed by atoms with Crippen LogP contribution >= 0.6 is 0 Å². The first-order chi connectivity index (χ1) is 12.7. The van der Waals surface area contributed by atoms with Gasteiger partial charge in [-0.15, -0.1) is 10.2 Å². The van der Waals surface area contributed by atoms with Crippen LogP contribution in [0.5, 0.6) is 0 Å². The van der Waals surface area contributed by atoms with Crippen molar-refractivity contribution in [2.75, 3.05) is 6.61 Å². The average Bonchev–Trinajstić information content (AvgIpc) is 2.66. The van der Waals surface area contributed by atoms with E-state index in [1.165, 1.54) is 0 Å². The summed E-state index contributed by atoms with van der Waals surface area (Å²) in [7, 11) is 0. The maximum absolute atomic E-state index is 11.9. The van der Waals surface area contributed by atoms with E-state index in [0.29, 0.717) is 11.0 Å². The molecule has 4 aromatic rings. The number of ether oxygens (including phenoxy) is 1. The van der Waals surface area contributed by atoms with Crippen molar-refractivity contribution < 1.29 is 9.53 Å². The van der Waals surface area contributed by atoms with Crippen molar-refractivity contribution in [1.82, 2.24) is 20.2 Å². The molecule has 26 heavy (non-hydrogen) atoms. The van der Waals surface area contributed by atoms with Crippen LogP contribution in [-0.4, -0.2) is 32.7 Å². The molecule has 0 spiro atoms. The van der Waals surface area contributed by atoms with E-state index in [9.17, 15) is 4.79 Å². The number of aryl methyl sites for hydroxylation is 1. The van der Waals surface area contributed by atoms with Gasteiger partial charge in [-0.05, 0) is 43.7 Å². The maximum Gasteiger partial charge on any atom is 0.378 e. The van der Waals surface area contributed by atoms with Crippen molar-refractivity contribution in [1.29, 1.82) is 0 Å². The highest BCUT2D eigenvalue weighted by molar-refractivity contribution is 5.94. The molecule has 0 amide bonds. The number of carbonyl (C=O) groups is 1. The van der Waals surface area contributed by atoms with Crippen LogP contribution in [0.1, 0.15) is 23.1 Å². The van der Waals surface area contributed by atoms with Gasteiger partial charge in [-0.25, -0.2) is 14.8 Å². The molecule has 2 aromatic carbocycles. The topological polar surface area (TPSA) is 77.9 Å². The molecule has 0 atom stereocenters. The number of aromatic nitrogens is 4. The second-order valence-corrected chi connectivity index (χ2v) is 5.93. The zero-order valence-electron chi connectivity index (χ0n) is 14.4. The van der Waals surface area contributed by atoms with E-state index in [1.807, 2.05) is 55.5 Å². The van der Waals surface area contributed by atoms with E-state index < -0.39 is 5.97 Å². The molecular formula is C20H16N4O2. The molecule has 0 unspecified atom stereocenters. The van der Waals surface area contributed by atoms with Crippen molar-refractivity contribution in [2.24, 2.45) is 0 Å². The molecule has 0 bridgehead atoms. The maximum atomic E-state index is 11.9. The average molecular weight is 344 g/mol. The number of fused-ring (bicyclic) bond motifs is 2. The third kappa shape index (κ3) is 2.86. The Labute approximate surface area is 149 Å². The number of esters is 1. The minimum absolute atomic E-state index is 0.0395. The molecule has 2 heterocycles. The summed E-state index contributed by atoms with van der Waals surface area (Å²) in [6.07, 6.45) is 0. The molecule has 6 heteroatoms. The SMILES string of the molecule is CCOC(=O)c1nnc2c(-c3ccc4ccccc4n3)cc(C)cc2n1. The lowest BCUT2D eigenvalue weighted by atomic mass is 10.0. The van der Waals surface area contributed by atoms with Gasteiger partial charge in [0.2, 0.25) is 0 Å². The highest BCUT2D eigenvalue weighted by Crippen LogP contribution is 2.28. The van der Waals surface area contributed by atoms with Crippen molar-refractivity contribution in [3.63, 3.8) is 0 Å². The largest absolute Gasteiger partial charge is 0.460 e. The molecule has 0 fully saturated rings. The molecule has 0 saturated carbocycles. The molecule has 6 nitrogen and oxygen atoms in total. The summed E-state index contributed by atoms with van der Waals surface area (Å²) in [6.45, 7) is 3.97. The van der Waals surface area contributed by atoms with E-state index in [4.69, 9.17) is 9.72 Å². The van der Waals surface area contributed by atoms with E-state index in [0.717, 1.165) is 27.7 Å². The summed E-state index contributed by atoms with van der Waals surface area (Å²) in [5.41, 5.74) is 4.72. The van der Waals surface area contributed by atoms with Crippen molar-refractivity contribution in [3.05, 3.63) is 59.9 Å². The number of hydrogen-bond donors (Lipinski definition) is 0. The van der Waals surface area contributed by atoms with E-state index in [1.54, 1.807) is 6.92 Å². The minimum atomic E-state index is -0.575. The molecule has 2 aromatic heterocycles. The van der Waals surface area contributed by atoms with E-state index in [2.05, 4.69) is 15.2 Å². The van der Waals surface area contributed by atoms with Crippen molar-refractivity contribution in [2.45, 2.75) is 13.8 Å². The Bertz CT molecular complexity index is 1140. The van der Waals surface area contributed by atoms with Gasteiger partial charge in [-0.2, -0.15) is 0 Å². The molecule has 0 aliphatic heterocycles. The van der Waals surface area contributed by atoms with Gasteiger partial charge in [-0.3, -0.25) is 0 Å². The zero-order valence-corrected chi connectivity index (χ0v) is 14.4. The third-order valence-electron chi connectivity index (χ3n) is 4.04. The molecule has 0 aliphatic rings. The predicted octanol–water partition coefficient (Wildman–Crippen LogP) is 3.73. The lowest BCUT2D eigenvalue weighted by Crippen LogP contribution is -2.11. The first kappa shape index (κ1) is 16.1. The lowest BCUT2D eigenvalue weighted by molar-refractivity contribution is 0.0511. The molecular weight excluding hydrogens is 328 g/mol. The Kier molecular flexibility index (Phi) is 4.01. The van der Waals surface area contributed by atoms with Crippen LogP contribution in [0.4, 0.5) is 0 Å². The number of hydrogen-bond acceptors (Lipinski definition) is 6. The summed E-state index contributed by atoms with van der Waals surface area (Å²) < 4.78 is 4.95. The molecule has 4 rings (SSSR count). The van der Waals surface area contributed by atoms with Gasteiger partial charge in [0.25, 0.3) is 5.82 Å². The third-order valence-corrected chi connectivity index (χ3v) is 4.04. The Morgan fingerprint density at radius 1 is 1.00 bits per heavy atom. The fourth-order valence-corrected chi connectivity index (χ4v) is 2.88.